The molecule has 0 saturated carbocycles. The predicted molar refractivity (Wildman–Crippen MR) is 530 cm³/mol. The molecule has 17 rings (SSSR count). The fourth-order valence-corrected chi connectivity index (χ4v) is 20.1. The number of aliphatic hydroxyl groups excluding tert-OH is 1. The van der Waals surface area contributed by atoms with E-state index in [1.807, 2.05) is 191 Å². The quantitative estimate of drug-likeness (QED) is 0.0108. The standard InChI is InChI=1S/C29H36N2O4.C24H28N2O2.C20H25NO4.C12H19NO3.C8H5F6NO4S2.C8H8O2.C4H9N.CH4O/c1-6-30(7-2)26(32)22-15-13-21(14-16-22)24-19-29(34-25-12-9-8-11-23(24)25)17-10-18-31(20-29)27(33)35-28(3,4)5;1-3-26(4-2)23(27)19-12-10-18(11-13-19)21-16-24(14-7-15-25-17-24)28-22-9-6-5-8-20(21)22;1-19(2,3)25-18(23)17-13-8-9-21(17)12-20(10-13)11-15(22)14-6-4-5-7-16(14)24-20;1-12(2,3)16-11(15)13-8-4-5-9(13)7-10(14)6-8;9-7(10,11)18-19-20-15(6-4-2-1-3-5-6)21(16,17)8(12,13)14;1-6(9)7-4-2-3-5-8(7)10;1-2-4-5-3-1;1-2/h8-9,11-16,19H,6-7,10,17-18,20H2,1-5H3;5-6,8-13,16,25H,3-4,7,14-15,17H2,1-2H3;4-7,13,17H,8-12H2,1-3H3;8-9H,4-7H2,1-3H3;1-5H;2-5,10H,1H3;5H,1-4H2;2H,1H3. The van der Waals surface area contributed by atoms with Crippen molar-refractivity contribution in [2.45, 2.75) is 244 Å². The third-order valence-corrected chi connectivity index (χ3v) is 27.3. The fourth-order valence-electron chi connectivity index (χ4n) is 18.5. The second-order valence-corrected chi connectivity index (χ2v) is 41.5. The lowest BCUT2D eigenvalue weighted by Crippen LogP contribution is -2.59. The number of carbonyl (C=O) groups excluding carboxylic acids is 8. The number of benzene rings is 7. The molecule has 772 valence electrons. The zero-order chi connectivity index (χ0) is 104. The van der Waals surface area contributed by atoms with Gasteiger partial charge in [0.1, 0.15) is 68.4 Å². The Morgan fingerprint density at radius 1 is 0.535 bits per heavy atom. The number of hydrogen-bond acceptors (Lipinski definition) is 24. The third-order valence-electron chi connectivity index (χ3n) is 24.8. The summed E-state index contributed by atoms with van der Waals surface area (Å²) in [6.45, 7) is 36.1. The molecule has 10 heterocycles. The molecule has 0 aliphatic carbocycles. The van der Waals surface area contributed by atoms with E-state index in [2.05, 4.69) is 67.2 Å². The highest BCUT2D eigenvalue weighted by Crippen LogP contribution is 2.49. The van der Waals surface area contributed by atoms with Gasteiger partial charge in [0.2, 0.25) is 0 Å². The van der Waals surface area contributed by atoms with Crippen molar-refractivity contribution < 1.29 is 121 Å². The molecule has 10 aliphatic heterocycles. The highest BCUT2D eigenvalue weighted by Gasteiger charge is 2.57. The van der Waals surface area contributed by atoms with Crippen LogP contribution in [0.25, 0.3) is 11.1 Å². The number of hydrogen-bond donors (Lipinski definition) is 4. The van der Waals surface area contributed by atoms with Gasteiger partial charge in [0.05, 0.1) is 29.8 Å². The molecule has 36 heteroatoms. The van der Waals surface area contributed by atoms with Gasteiger partial charge in [-0.15, -0.1) is 22.4 Å². The summed E-state index contributed by atoms with van der Waals surface area (Å²) in [4.78, 5) is 110. The number of carbonyl (C=O) groups is 8. The number of nitrogens with one attached hydrogen (secondary N) is 2. The van der Waals surface area contributed by atoms with Crippen molar-refractivity contribution >= 4 is 86.4 Å². The number of piperidine rings is 4. The van der Waals surface area contributed by atoms with Crippen molar-refractivity contribution in [3.63, 3.8) is 0 Å². The van der Waals surface area contributed by atoms with Gasteiger partial charge in [0.15, 0.2) is 23.8 Å². The number of fused-ring (bicyclic) bond motifs is 7. The van der Waals surface area contributed by atoms with Gasteiger partial charge in [-0.1, -0.05) is 103 Å². The average Bonchev–Trinajstić information content (AvgIpc) is 1.56. The van der Waals surface area contributed by atoms with Gasteiger partial charge in [-0.05, 0) is 300 Å². The summed E-state index contributed by atoms with van der Waals surface area (Å²) in [7, 11) is -4.99. The first kappa shape index (κ1) is 113. The van der Waals surface area contributed by atoms with E-state index >= 15 is 0 Å². The normalized spacial score (nSPS) is 21.7. The molecule has 4 amide bonds. The van der Waals surface area contributed by atoms with Crippen LogP contribution in [0.1, 0.15) is 244 Å². The highest BCUT2D eigenvalue weighted by atomic mass is 32.3. The van der Waals surface area contributed by atoms with E-state index in [4.69, 9.17) is 38.6 Å². The number of para-hydroxylation sites is 5. The maximum atomic E-state index is 12.8. The average molecular weight is 2020 g/mol. The summed E-state index contributed by atoms with van der Waals surface area (Å²) < 4.78 is 134. The summed E-state index contributed by atoms with van der Waals surface area (Å²) in [6, 6.07) is 51.5. The summed E-state index contributed by atoms with van der Waals surface area (Å²) in [5, 5.41) is 22.8. The molecule has 142 heavy (non-hydrogen) atoms. The van der Waals surface area contributed by atoms with Gasteiger partial charge in [-0.3, -0.25) is 33.7 Å². The number of anilines is 1. The van der Waals surface area contributed by atoms with E-state index < -0.39 is 71.5 Å². The smallest absolute Gasteiger partial charge is 0.507 e. The van der Waals surface area contributed by atoms with Gasteiger partial charge in [0, 0.05) is 100 Å². The number of likely N-dealkylation sites (tertiary alicyclic amines) is 1. The van der Waals surface area contributed by atoms with Crippen molar-refractivity contribution in [3.8, 4) is 23.0 Å². The lowest BCUT2D eigenvalue weighted by molar-refractivity contribution is -0.440. The second-order valence-electron chi connectivity index (χ2n) is 38.9. The molecular formula is C106H134F6N8O20S2. The lowest BCUT2D eigenvalue weighted by Gasteiger charge is -2.46. The third kappa shape index (κ3) is 30.4. The number of phenols is 1. The van der Waals surface area contributed by atoms with Crippen LogP contribution in [-0.2, 0) is 43.0 Å². The minimum atomic E-state index is -5.99. The van der Waals surface area contributed by atoms with Crippen molar-refractivity contribution in [1.82, 2.24) is 35.1 Å². The van der Waals surface area contributed by atoms with Gasteiger partial charge >= 0.3 is 40.0 Å². The van der Waals surface area contributed by atoms with Crippen LogP contribution < -0.4 is 28.6 Å². The molecule has 0 radical (unpaired) electrons. The van der Waals surface area contributed by atoms with Crippen LogP contribution in [0.15, 0.2) is 188 Å². The van der Waals surface area contributed by atoms with E-state index in [0.29, 0.717) is 74.4 Å². The lowest BCUT2D eigenvalue weighted by atomic mass is 9.77. The number of aliphatic hydroxyl groups is 1. The number of esters is 1. The highest BCUT2D eigenvalue weighted by molar-refractivity contribution is 8.12. The number of alkyl halides is 6. The van der Waals surface area contributed by atoms with E-state index in [9.17, 15) is 73.1 Å². The minimum Gasteiger partial charge on any atom is -0.507 e. The fraction of sp³-hybridized carbons (Fsp3) is 0.491. The van der Waals surface area contributed by atoms with Crippen LogP contribution in [0.5, 0.6) is 23.0 Å². The molecule has 8 atom stereocenters. The molecule has 7 fully saturated rings. The Morgan fingerprint density at radius 3 is 1.46 bits per heavy atom. The monoisotopic (exact) mass is 2020 g/mol. The molecular weight excluding hydrogens is 1880 g/mol. The summed E-state index contributed by atoms with van der Waals surface area (Å²) in [6.07, 6.45) is 10.0. The zero-order valence-electron chi connectivity index (χ0n) is 83.4. The Hall–Kier alpha value is -11.4. The summed E-state index contributed by atoms with van der Waals surface area (Å²) in [5.74, 6) is 2.94. The first-order valence-corrected chi connectivity index (χ1v) is 50.3. The number of nitrogens with zero attached hydrogens (tertiary/aromatic N) is 6. The molecule has 4 bridgehead atoms. The maximum Gasteiger partial charge on any atom is 0.550 e. The molecule has 8 unspecified atom stereocenters. The topological polar surface area (TPSA) is 328 Å². The Morgan fingerprint density at radius 2 is 1.00 bits per heavy atom. The largest absolute Gasteiger partial charge is 0.550 e. The van der Waals surface area contributed by atoms with Gasteiger partial charge in [-0.25, -0.2) is 9.59 Å². The van der Waals surface area contributed by atoms with E-state index in [1.165, 1.54) is 62.7 Å². The number of halogens is 6. The maximum absolute atomic E-state index is 12.8. The molecule has 0 aromatic heterocycles. The van der Waals surface area contributed by atoms with Crippen molar-refractivity contribution in [2.75, 3.05) is 89.4 Å². The number of amides is 4. The van der Waals surface area contributed by atoms with Crippen LogP contribution in [-0.4, -0.2) is 240 Å². The number of aromatic hydroxyl groups is 1. The van der Waals surface area contributed by atoms with E-state index in [-0.39, 0.29) is 82.7 Å². The van der Waals surface area contributed by atoms with Crippen LogP contribution in [0.3, 0.4) is 0 Å². The van der Waals surface area contributed by atoms with Gasteiger partial charge in [0.25, 0.3) is 11.8 Å². The number of Topliss-reactive ketones (excluding diaryl/α,β-unsaturated/α-hetero) is 3. The molecule has 7 aromatic rings. The Kier molecular flexibility index (Phi) is 39.1. The predicted octanol–water partition coefficient (Wildman–Crippen LogP) is 19.8. The SMILES string of the molecule is C1CCNC1.CC(=O)c1ccccc1O.CC(C)(C)OC(=O)C1C2CCN1CC1(CC(=O)c3ccccc3O1)C2.CC(C)(C)OC(=O)N1C2CCC1CC(=O)C2.CCN(CC)C(=O)c1ccc(C2=CC3(CCCN(C(=O)OC(C)(C)C)C3)Oc3ccccc32)cc1.CCN(CC)C(=O)c1ccc(C2=CC3(CCCNC3)Oc3ccccc32)cc1.CO.O=S(=O)(N(SOOC(F)(F)F)c1ccccc1)C(F)(F)F. The van der Waals surface area contributed by atoms with Crippen LogP contribution in [0.4, 0.5) is 41.6 Å². The Labute approximate surface area is 832 Å². The number of phenolic OH excluding ortho intramolecular Hbond substituents is 1. The summed E-state index contributed by atoms with van der Waals surface area (Å²) >= 11 is -0.782. The van der Waals surface area contributed by atoms with Crippen LogP contribution >= 0.6 is 12.2 Å². The Balaban J connectivity index is 0.000000178. The summed E-state index contributed by atoms with van der Waals surface area (Å²) in [5.41, 5.74) is -0.267. The molecule has 7 saturated heterocycles. The van der Waals surface area contributed by atoms with Crippen LogP contribution in [0, 0.1) is 5.92 Å². The van der Waals surface area contributed by atoms with Crippen molar-refractivity contribution in [2.24, 2.45) is 5.92 Å². The second kappa shape index (κ2) is 49.3. The molecule has 4 N–H and O–H groups in total. The number of ether oxygens (including phenoxy) is 6. The van der Waals surface area contributed by atoms with Gasteiger partial charge < -0.3 is 68.9 Å². The molecule has 7 aromatic carbocycles. The van der Waals surface area contributed by atoms with E-state index in [1.54, 1.807) is 28.0 Å². The molecule has 28 nitrogen and oxygen atoms in total. The van der Waals surface area contributed by atoms with Crippen molar-refractivity contribution in [1.29, 1.82) is 0 Å². The Bertz CT molecular complexity index is 5600. The molecule has 3 spiro atoms. The van der Waals surface area contributed by atoms with Gasteiger partial charge in [-0.2, -0.15) is 25.3 Å². The zero-order valence-corrected chi connectivity index (χ0v) is 85.0. The first-order chi connectivity index (χ1) is 67.1. The number of sulfonamides is 1. The first-order valence-electron chi connectivity index (χ1n) is 48.1. The van der Waals surface area contributed by atoms with Crippen molar-refractivity contribution in [3.05, 3.63) is 233 Å². The molecule has 10 aliphatic rings. The number of ketones is 3. The van der Waals surface area contributed by atoms with E-state index in [0.717, 1.165) is 148 Å². The number of rotatable bonds is 15. The minimum absolute atomic E-state index is 0.0414. The van der Waals surface area contributed by atoms with Crippen LogP contribution in [0.2, 0.25) is 0 Å².